The number of nitrogens with zero attached hydrogens (tertiary/aromatic N) is 1. The number of furan rings is 1. The predicted molar refractivity (Wildman–Crippen MR) is 113 cm³/mol. The molecule has 4 rings (SSSR count). The maximum absolute atomic E-state index is 12.6. The molecule has 0 aliphatic carbocycles. The van der Waals surface area contributed by atoms with E-state index in [1.165, 1.54) is 0 Å². The average molecular weight is 429 g/mol. The molecule has 5 nitrogen and oxygen atoms in total. The highest BCUT2D eigenvalue weighted by Crippen LogP contribution is 2.30. The first-order valence-corrected chi connectivity index (χ1v) is 9.99. The Hall–Kier alpha value is -2.76. The molecule has 2 heterocycles. The van der Waals surface area contributed by atoms with Crippen molar-refractivity contribution in [2.45, 2.75) is 19.4 Å². The number of amides is 2. The van der Waals surface area contributed by atoms with Crippen molar-refractivity contribution in [2.75, 3.05) is 11.4 Å². The van der Waals surface area contributed by atoms with Gasteiger partial charge in [-0.3, -0.25) is 9.59 Å². The monoisotopic (exact) mass is 428 g/mol. The molecular weight excluding hydrogens is 411 g/mol. The van der Waals surface area contributed by atoms with E-state index in [1.807, 2.05) is 24.3 Å². The molecular formula is C22H18Cl2N2O3. The number of rotatable bonds is 5. The molecule has 3 aromatic rings. The molecule has 0 atom stereocenters. The van der Waals surface area contributed by atoms with Gasteiger partial charge in [0.1, 0.15) is 11.5 Å². The molecule has 2 amide bonds. The fourth-order valence-electron chi connectivity index (χ4n) is 3.28. The third-order valence-corrected chi connectivity index (χ3v) is 5.36. The van der Waals surface area contributed by atoms with Crippen LogP contribution in [0.1, 0.15) is 29.0 Å². The first-order valence-electron chi connectivity index (χ1n) is 9.24. The lowest BCUT2D eigenvalue weighted by molar-refractivity contribution is -0.117. The highest BCUT2D eigenvalue weighted by atomic mass is 35.5. The average Bonchev–Trinajstić information content (AvgIpc) is 3.36. The van der Waals surface area contributed by atoms with Crippen molar-refractivity contribution >= 4 is 40.7 Å². The Morgan fingerprint density at radius 2 is 1.86 bits per heavy atom. The van der Waals surface area contributed by atoms with Crippen LogP contribution >= 0.6 is 23.2 Å². The third-order valence-electron chi connectivity index (χ3n) is 4.79. The molecule has 0 radical (unpaired) electrons. The summed E-state index contributed by atoms with van der Waals surface area (Å²) < 4.78 is 5.80. The van der Waals surface area contributed by atoms with Gasteiger partial charge < -0.3 is 14.6 Å². The first kappa shape index (κ1) is 19.6. The molecule has 1 fully saturated rings. The molecule has 0 saturated carbocycles. The summed E-state index contributed by atoms with van der Waals surface area (Å²) in [6.45, 7) is 0.858. The van der Waals surface area contributed by atoms with Gasteiger partial charge in [0.15, 0.2) is 0 Å². The summed E-state index contributed by atoms with van der Waals surface area (Å²) in [7, 11) is 0. The molecule has 7 heteroatoms. The summed E-state index contributed by atoms with van der Waals surface area (Å²) in [5.41, 5.74) is 1.92. The molecule has 2 aromatic carbocycles. The highest BCUT2D eigenvalue weighted by molar-refractivity contribution is 6.34. The fraction of sp³-hybridized carbons (Fsp3) is 0.182. The molecule has 0 spiro atoms. The van der Waals surface area contributed by atoms with E-state index in [1.54, 1.807) is 35.2 Å². The van der Waals surface area contributed by atoms with E-state index in [9.17, 15) is 9.59 Å². The summed E-state index contributed by atoms with van der Waals surface area (Å²) in [4.78, 5) is 26.2. The molecule has 148 valence electrons. The van der Waals surface area contributed by atoms with Crippen LogP contribution < -0.4 is 10.2 Å². The van der Waals surface area contributed by atoms with Crippen molar-refractivity contribution in [1.29, 1.82) is 0 Å². The van der Waals surface area contributed by atoms with Gasteiger partial charge in [-0.25, -0.2) is 0 Å². The van der Waals surface area contributed by atoms with E-state index in [4.69, 9.17) is 27.6 Å². The highest BCUT2D eigenvalue weighted by Gasteiger charge is 2.24. The molecule has 29 heavy (non-hydrogen) atoms. The van der Waals surface area contributed by atoms with E-state index in [0.29, 0.717) is 45.8 Å². The van der Waals surface area contributed by atoms with Gasteiger partial charge >= 0.3 is 0 Å². The minimum absolute atomic E-state index is 0.0229. The Morgan fingerprint density at radius 3 is 2.59 bits per heavy atom. The number of hydrogen-bond acceptors (Lipinski definition) is 3. The van der Waals surface area contributed by atoms with Crippen LogP contribution in [0.3, 0.4) is 0 Å². The molecule has 1 N–H and O–H groups in total. The Labute approximate surface area is 178 Å². The van der Waals surface area contributed by atoms with Gasteiger partial charge in [-0.05, 0) is 61.0 Å². The van der Waals surface area contributed by atoms with Gasteiger partial charge in [-0.1, -0.05) is 23.2 Å². The number of hydrogen-bond donors (Lipinski definition) is 1. The van der Waals surface area contributed by atoms with E-state index in [0.717, 1.165) is 12.0 Å². The zero-order valence-corrected chi connectivity index (χ0v) is 17.0. The number of carbonyl (C=O) groups is 2. The SMILES string of the molecule is O=C(NCc1ccc(-c2ccc(Cl)cc2)o1)c1ccc(Cl)c(N2CCCC2=O)c1. The lowest BCUT2D eigenvalue weighted by Crippen LogP contribution is -2.26. The summed E-state index contributed by atoms with van der Waals surface area (Å²) >= 11 is 12.2. The van der Waals surface area contributed by atoms with Crippen molar-refractivity contribution in [1.82, 2.24) is 5.32 Å². The second-order valence-electron chi connectivity index (χ2n) is 6.77. The fourth-order valence-corrected chi connectivity index (χ4v) is 3.62. The van der Waals surface area contributed by atoms with Crippen molar-refractivity contribution in [3.63, 3.8) is 0 Å². The van der Waals surface area contributed by atoms with Crippen molar-refractivity contribution in [3.8, 4) is 11.3 Å². The summed E-state index contributed by atoms with van der Waals surface area (Å²) in [5.74, 6) is 1.09. The van der Waals surface area contributed by atoms with Gasteiger partial charge in [-0.15, -0.1) is 0 Å². The van der Waals surface area contributed by atoms with Gasteiger partial charge in [0, 0.05) is 29.1 Å². The second kappa shape index (κ2) is 8.31. The van der Waals surface area contributed by atoms with Crippen LogP contribution in [0, 0.1) is 0 Å². The van der Waals surface area contributed by atoms with Crippen LogP contribution in [0.25, 0.3) is 11.3 Å². The standard InChI is InChI=1S/C22H18Cl2N2O3/c23-16-6-3-14(4-7-16)20-10-8-17(29-20)13-25-22(28)15-5-9-18(24)19(12-15)26-11-1-2-21(26)27/h3-10,12H,1-2,11,13H2,(H,25,28). The number of anilines is 1. The van der Waals surface area contributed by atoms with Crippen LogP contribution in [0.2, 0.25) is 10.0 Å². The van der Waals surface area contributed by atoms with Crippen LogP contribution in [-0.2, 0) is 11.3 Å². The van der Waals surface area contributed by atoms with Gasteiger partial charge in [-0.2, -0.15) is 0 Å². The van der Waals surface area contributed by atoms with Crippen molar-refractivity contribution < 1.29 is 14.0 Å². The second-order valence-corrected chi connectivity index (χ2v) is 7.61. The molecule has 1 aliphatic heterocycles. The van der Waals surface area contributed by atoms with E-state index in [-0.39, 0.29) is 18.4 Å². The lowest BCUT2D eigenvalue weighted by Gasteiger charge is -2.18. The van der Waals surface area contributed by atoms with E-state index >= 15 is 0 Å². The molecule has 1 aromatic heterocycles. The van der Waals surface area contributed by atoms with Crippen LogP contribution in [0.15, 0.2) is 59.0 Å². The van der Waals surface area contributed by atoms with Crippen LogP contribution in [0.4, 0.5) is 5.69 Å². The number of halogens is 2. The zero-order valence-electron chi connectivity index (χ0n) is 15.5. The summed E-state index contributed by atoms with van der Waals surface area (Å²) in [5, 5.41) is 3.95. The Morgan fingerprint density at radius 1 is 1.07 bits per heavy atom. The first-order chi connectivity index (χ1) is 14.0. The van der Waals surface area contributed by atoms with Crippen molar-refractivity contribution in [2.24, 2.45) is 0 Å². The van der Waals surface area contributed by atoms with Gasteiger partial charge in [0.25, 0.3) is 5.91 Å². The number of carbonyl (C=O) groups excluding carboxylic acids is 2. The van der Waals surface area contributed by atoms with E-state index in [2.05, 4.69) is 5.32 Å². The molecule has 0 unspecified atom stereocenters. The third kappa shape index (κ3) is 4.31. The maximum atomic E-state index is 12.6. The van der Waals surface area contributed by atoms with Crippen molar-refractivity contribution in [3.05, 3.63) is 76.0 Å². The van der Waals surface area contributed by atoms with Gasteiger partial charge in [0.05, 0.1) is 17.3 Å². The molecule has 1 aliphatic rings. The number of nitrogens with one attached hydrogen (secondary N) is 1. The normalized spacial score (nSPS) is 13.7. The minimum Gasteiger partial charge on any atom is -0.459 e. The zero-order chi connectivity index (χ0) is 20.4. The predicted octanol–water partition coefficient (Wildman–Crippen LogP) is 5.31. The summed E-state index contributed by atoms with van der Waals surface area (Å²) in [6, 6.07) is 15.9. The molecule has 1 saturated heterocycles. The Kier molecular flexibility index (Phi) is 5.60. The number of benzene rings is 2. The Bertz CT molecular complexity index is 1060. The minimum atomic E-state index is -0.265. The largest absolute Gasteiger partial charge is 0.459 e. The lowest BCUT2D eigenvalue weighted by atomic mass is 10.1. The Balaban J connectivity index is 1.44. The van der Waals surface area contributed by atoms with Crippen LogP contribution in [0.5, 0.6) is 0 Å². The van der Waals surface area contributed by atoms with Gasteiger partial charge in [0.2, 0.25) is 5.91 Å². The summed E-state index contributed by atoms with van der Waals surface area (Å²) in [6.07, 6.45) is 1.29. The smallest absolute Gasteiger partial charge is 0.251 e. The molecule has 0 bridgehead atoms. The maximum Gasteiger partial charge on any atom is 0.251 e. The van der Waals surface area contributed by atoms with Crippen LogP contribution in [-0.4, -0.2) is 18.4 Å². The topological polar surface area (TPSA) is 62.6 Å². The quantitative estimate of drug-likeness (QED) is 0.598. The van der Waals surface area contributed by atoms with E-state index < -0.39 is 0 Å².